The highest BCUT2D eigenvalue weighted by atomic mass is 16.3. The molecule has 2 rings (SSSR count). The Balaban J connectivity index is 1.97. The van der Waals surface area contributed by atoms with Gasteiger partial charge in [0.15, 0.2) is 0 Å². The molecule has 1 aliphatic heterocycles. The van der Waals surface area contributed by atoms with E-state index in [1.54, 1.807) is 0 Å². The zero-order chi connectivity index (χ0) is 10.7. The van der Waals surface area contributed by atoms with E-state index in [9.17, 15) is 5.11 Å². The summed E-state index contributed by atoms with van der Waals surface area (Å²) < 4.78 is 0. The Morgan fingerprint density at radius 3 is 2.73 bits per heavy atom. The van der Waals surface area contributed by atoms with Gasteiger partial charge in [-0.3, -0.25) is 4.90 Å². The molecule has 1 aliphatic rings. The van der Waals surface area contributed by atoms with Crippen molar-refractivity contribution in [3.05, 3.63) is 35.9 Å². The van der Waals surface area contributed by atoms with Gasteiger partial charge in [-0.2, -0.15) is 0 Å². The third-order valence-corrected chi connectivity index (χ3v) is 2.84. The molecule has 2 nitrogen and oxygen atoms in total. The molecule has 2 heteroatoms. The number of nitrogens with zero attached hydrogens (tertiary/aromatic N) is 1. The Kier molecular flexibility index (Phi) is 2.77. The molecule has 1 atom stereocenters. The molecule has 1 aromatic carbocycles. The van der Waals surface area contributed by atoms with E-state index in [-0.39, 0.29) is 0 Å². The quantitative estimate of drug-likeness (QED) is 0.728. The van der Waals surface area contributed by atoms with Gasteiger partial charge in [-0.25, -0.2) is 0 Å². The first-order valence-corrected chi connectivity index (χ1v) is 5.18. The highest BCUT2D eigenvalue weighted by molar-refractivity contribution is 5.17. The molecule has 1 aromatic rings. The molecule has 1 N–H and O–H groups in total. The summed E-state index contributed by atoms with van der Waals surface area (Å²) in [6.45, 7) is 2.32. The summed E-state index contributed by atoms with van der Waals surface area (Å²) in [4.78, 5) is 2.19. The van der Waals surface area contributed by atoms with Crippen LogP contribution in [-0.2, 0) is 6.54 Å². The number of rotatable bonds is 2. The number of terminal acetylenes is 1. The highest BCUT2D eigenvalue weighted by Gasteiger charge is 2.33. The van der Waals surface area contributed by atoms with E-state index in [0.717, 1.165) is 13.1 Å². The van der Waals surface area contributed by atoms with Crippen molar-refractivity contribution < 1.29 is 5.11 Å². The van der Waals surface area contributed by atoms with Crippen LogP contribution in [0.4, 0.5) is 0 Å². The predicted molar refractivity (Wildman–Crippen MR) is 60.1 cm³/mol. The second-order valence-electron chi connectivity index (χ2n) is 4.12. The standard InChI is InChI=1S/C13H15NO/c1-2-13(15)8-9-14(11-13)10-12-6-4-3-5-7-12/h1,3-7,15H,8-11H2/t13-/m0/s1. The van der Waals surface area contributed by atoms with Crippen molar-refractivity contribution in [2.24, 2.45) is 0 Å². The fraction of sp³-hybridized carbons (Fsp3) is 0.385. The van der Waals surface area contributed by atoms with Crippen molar-refractivity contribution in [3.8, 4) is 12.3 Å². The second-order valence-corrected chi connectivity index (χ2v) is 4.12. The lowest BCUT2D eigenvalue weighted by Crippen LogP contribution is -2.31. The summed E-state index contributed by atoms with van der Waals surface area (Å²) in [6.07, 6.45) is 5.97. The highest BCUT2D eigenvalue weighted by Crippen LogP contribution is 2.21. The molecule has 0 bridgehead atoms. The van der Waals surface area contributed by atoms with Gasteiger partial charge in [0.05, 0.1) is 0 Å². The number of benzene rings is 1. The molecule has 0 unspecified atom stereocenters. The minimum Gasteiger partial charge on any atom is -0.376 e. The van der Waals surface area contributed by atoms with E-state index in [0.29, 0.717) is 13.0 Å². The Hall–Kier alpha value is -1.30. The predicted octanol–water partition coefficient (Wildman–Crippen LogP) is 1.26. The van der Waals surface area contributed by atoms with Gasteiger partial charge in [0, 0.05) is 26.1 Å². The fourth-order valence-electron chi connectivity index (χ4n) is 1.97. The lowest BCUT2D eigenvalue weighted by atomic mass is 10.1. The van der Waals surface area contributed by atoms with Gasteiger partial charge in [0.1, 0.15) is 5.60 Å². The van der Waals surface area contributed by atoms with E-state index in [4.69, 9.17) is 6.42 Å². The fourth-order valence-corrected chi connectivity index (χ4v) is 1.97. The Bertz CT molecular complexity index is 368. The number of likely N-dealkylation sites (tertiary alicyclic amines) is 1. The van der Waals surface area contributed by atoms with E-state index >= 15 is 0 Å². The van der Waals surface area contributed by atoms with Crippen LogP contribution in [0.1, 0.15) is 12.0 Å². The number of aliphatic hydroxyl groups is 1. The molecular weight excluding hydrogens is 186 g/mol. The number of β-amino-alcohol motifs (C(OH)–C–C–N with tert-alkyl or cyclic N) is 1. The maximum absolute atomic E-state index is 9.87. The van der Waals surface area contributed by atoms with Crippen LogP contribution in [0.3, 0.4) is 0 Å². The Morgan fingerprint density at radius 1 is 1.40 bits per heavy atom. The maximum atomic E-state index is 9.87. The molecule has 0 aromatic heterocycles. The third-order valence-electron chi connectivity index (χ3n) is 2.84. The van der Waals surface area contributed by atoms with Crippen LogP contribution >= 0.6 is 0 Å². The zero-order valence-corrected chi connectivity index (χ0v) is 8.69. The van der Waals surface area contributed by atoms with Gasteiger partial charge in [0.25, 0.3) is 0 Å². The zero-order valence-electron chi connectivity index (χ0n) is 8.69. The SMILES string of the molecule is C#C[C@]1(O)CCN(Cc2ccccc2)C1. The molecule has 0 aliphatic carbocycles. The number of hydrogen-bond acceptors (Lipinski definition) is 2. The first kappa shape index (κ1) is 10.2. The molecule has 0 spiro atoms. The van der Waals surface area contributed by atoms with Crippen molar-refractivity contribution in [1.82, 2.24) is 4.90 Å². The average molecular weight is 201 g/mol. The molecule has 1 saturated heterocycles. The Labute approximate surface area is 90.5 Å². The largest absolute Gasteiger partial charge is 0.376 e. The second kappa shape index (κ2) is 4.06. The third kappa shape index (κ3) is 2.38. The van der Waals surface area contributed by atoms with Crippen LogP contribution in [0.15, 0.2) is 30.3 Å². The maximum Gasteiger partial charge on any atom is 0.139 e. The smallest absolute Gasteiger partial charge is 0.139 e. The van der Waals surface area contributed by atoms with E-state index < -0.39 is 5.60 Å². The van der Waals surface area contributed by atoms with Gasteiger partial charge in [-0.1, -0.05) is 36.3 Å². The summed E-state index contributed by atoms with van der Waals surface area (Å²) in [5.41, 5.74) is 0.355. The molecule has 1 fully saturated rings. The molecule has 0 saturated carbocycles. The first-order chi connectivity index (χ1) is 7.22. The van der Waals surface area contributed by atoms with Crippen LogP contribution in [0.25, 0.3) is 0 Å². The summed E-state index contributed by atoms with van der Waals surface area (Å²) in [7, 11) is 0. The minimum atomic E-state index is -0.908. The normalized spacial score (nSPS) is 26.4. The van der Waals surface area contributed by atoms with Crippen LogP contribution in [0.5, 0.6) is 0 Å². The van der Waals surface area contributed by atoms with Crippen LogP contribution in [-0.4, -0.2) is 28.7 Å². The lowest BCUT2D eigenvalue weighted by Gasteiger charge is -2.17. The Morgan fingerprint density at radius 2 is 2.13 bits per heavy atom. The topological polar surface area (TPSA) is 23.5 Å². The van der Waals surface area contributed by atoms with Crippen molar-refractivity contribution in [2.75, 3.05) is 13.1 Å². The summed E-state index contributed by atoms with van der Waals surface area (Å²) in [5.74, 6) is 2.47. The molecule has 78 valence electrons. The van der Waals surface area contributed by atoms with E-state index in [2.05, 4.69) is 23.0 Å². The van der Waals surface area contributed by atoms with Crippen molar-refractivity contribution in [3.63, 3.8) is 0 Å². The molecule has 1 heterocycles. The lowest BCUT2D eigenvalue weighted by molar-refractivity contribution is 0.107. The summed E-state index contributed by atoms with van der Waals surface area (Å²) >= 11 is 0. The summed E-state index contributed by atoms with van der Waals surface area (Å²) in [6, 6.07) is 10.2. The van der Waals surface area contributed by atoms with Crippen molar-refractivity contribution in [1.29, 1.82) is 0 Å². The first-order valence-electron chi connectivity index (χ1n) is 5.18. The molecule has 0 radical (unpaired) electrons. The van der Waals surface area contributed by atoms with Crippen molar-refractivity contribution in [2.45, 2.75) is 18.6 Å². The number of hydrogen-bond donors (Lipinski definition) is 1. The molecule has 0 amide bonds. The van der Waals surface area contributed by atoms with Crippen LogP contribution < -0.4 is 0 Å². The van der Waals surface area contributed by atoms with E-state index in [1.165, 1.54) is 5.56 Å². The van der Waals surface area contributed by atoms with Gasteiger partial charge in [0.2, 0.25) is 0 Å². The van der Waals surface area contributed by atoms with Gasteiger partial charge in [-0.15, -0.1) is 6.42 Å². The van der Waals surface area contributed by atoms with Crippen LogP contribution in [0.2, 0.25) is 0 Å². The van der Waals surface area contributed by atoms with Gasteiger partial charge >= 0.3 is 0 Å². The van der Waals surface area contributed by atoms with Gasteiger partial charge in [-0.05, 0) is 5.56 Å². The minimum absolute atomic E-state index is 0.582. The summed E-state index contributed by atoms with van der Waals surface area (Å²) in [5, 5.41) is 9.87. The molecular formula is C13H15NO. The average Bonchev–Trinajstić information content (AvgIpc) is 2.63. The van der Waals surface area contributed by atoms with E-state index in [1.807, 2.05) is 18.2 Å². The van der Waals surface area contributed by atoms with Gasteiger partial charge < -0.3 is 5.11 Å². The van der Waals surface area contributed by atoms with Crippen molar-refractivity contribution >= 4 is 0 Å². The van der Waals surface area contributed by atoms with Crippen LogP contribution in [0, 0.1) is 12.3 Å². The monoisotopic (exact) mass is 201 g/mol. The molecule has 15 heavy (non-hydrogen) atoms.